The van der Waals surface area contributed by atoms with Crippen molar-refractivity contribution in [1.29, 1.82) is 0 Å². The van der Waals surface area contributed by atoms with Gasteiger partial charge in [0.15, 0.2) is 0 Å². The van der Waals surface area contributed by atoms with E-state index in [9.17, 15) is 0 Å². The van der Waals surface area contributed by atoms with Gasteiger partial charge in [0.2, 0.25) is 0 Å². The van der Waals surface area contributed by atoms with Crippen molar-refractivity contribution in [2.24, 2.45) is 11.3 Å². The number of hydrogen-bond acceptors (Lipinski definition) is 1. The van der Waals surface area contributed by atoms with E-state index < -0.39 is 0 Å². The summed E-state index contributed by atoms with van der Waals surface area (Å²) in [6.07, 6.45) is 0. The van der Waals surface area contributed by atoms with Gasteiger partial charge in [-0.25, -0.2) is 0 Å². The van der Waals surface area contributed by atoms with E-state index in [2.05, 4.69) is 52.8 Å². The van der Waals surface area contributed by atoms with Crippen molar-refractivity contribution in [2.75, 3.05) is 0 Å². The van der Waals surface area contributed by atoms with E-state index in [0.29, 0.717) is 11.8 Å². The topological polar surface area (TPSA) is 13.1 Å². The quantitative estimate of drug-likeness (QED) is 0.689. The van der Waals surface area contributed by atoms with Gasteiger partial charge >= 0.3 is 0 Å². The average Bonchev–Trinajstić information content (AvgIpc) is 2.56. The zero-order valence-corrected chi connectivity index (χ0v) is 11.4. The number of fused-ring (bicyclic) bond motifs is 1. The Bertz CT molecular complexity index is 466. The van der Waals surface area contributed by atoms with Crippen molar-refractivity contribution in [3.05, 3.63) is 36.1 Å². The largest absolute Gasteiger partial charge is 0.461 e. The van der Waals surface area contributed by atoms with E-state index in [1.54, 1.807) is 0 Å². The minimum Gasteiger partial charge on any atom is -0.461 e. The lowest BCUT2D eigenvalue weighted by molar-refractivity contribution is 0.228. The number of para-hydroxylation sites is 1. The second-order valence-electron chi connectivity index (χ2n) is 6.27. The molecule has 2 aromatic rings. The zero-order valence-electron chi connectivity index (χ0n) is 11.4. The van der Waals surface area contributed by atoms with E-state index >= 15 is 0 Å². The van der Waals surface area contributed by atoms with Crippen LogP contribution in [0.1, 0.15) is 46.3 Å². The third-order valence-electron chi connectivity index (χ3n) is 3.35. The highest BCUT2D eigenvalue weighted by atomic mass is 16.3. The van der Waals surface area contributed by atoms with Gasteiger partial charge in [0.1, 0.15) is 11.3 Å². The Kier molecular flexibility index (Phi) is 3.03. The van der Waals surface area contributed by atoms with Crippen LogP contribution in [0.3, 0.4) is 0 Å². The summed E-state index contributed by atoms with van der Waals surface area (Å²) < 4.78 is 6.02. The summed E-state index contributed by atoms with van der Waals surface area (Å²) in [7, 11) is 0. The van der Waals surface area contributed by atoms with Gasteiger partial charge in [0.25, 0.3) is 0 Å². The lowest BCUT2D eigenvalue weighted by Gasteiger charge is -2.32. The monoisotopic (exact) mass is 230 g/mol. The highest BCUT2D eigenvalue weighted by Gasteiger charge is 2.31. The van der Waals surface area contributed by atoms with E-state index in [1.165, 1.54) is 5.39 Å². The van der Waals surface area contributed by atoms with E-state index in [4.69, 9.17) is 4.42 Å². The third-order valence-corrected chi connectivity index (χ3v) is 3.35. The van der Waals surface area contributed by atoms with Gasteiger partial charge in [-0.05, 0) is 23.5 Å². The molecule has 0 saturated carbocycles. The molecule has 0 amide bonds. The third kappa shape index (κ3) is 2.38. The van der Waals surface area contributed by atoms with Crippen LogP contribution in [0.5, 0.6) is 0 Å². The molecule has 1 atom stereocenters. The second-order valence-corrected chi connectivity index (χ2v) is 6.27. The molecule has 1 nitrogen and oxygen atoms in total. The fraction of sp³-hybridized carbons (Fsp3) is 0.500. The van der Waals surface area contributed by atoms with Crippen LogP contribution in [-0.4, -0.2) is 0 Å². The predicted octanol–water partition coefficient (Wildman–Crippen LogP) is 5.22. The summed E-state index contributed by atoms with van der Waals surface area (Å²) >= 11 is 0. The molecule has 0 N–H and O–H groups in total. The van der Waals surface area contributed by atoms with Crippen molar-refractivity contribution in [1.82, 2.24) is 0 Å². The number of benzene rings is 1. The molecule has 0 radical (unpaired) electrons. The number of rotatable bonds is 2. The highest BCUT2D eigenvalue weighted by molar-refractivity contribution is 5.77. The maximum atomic E-state index is 6.02. The average molecular weight is 230 g/mol. The lowest BCUT2D eigenvalue weighted by Crippen LogP contribution is -2.22. The molecule has 2 rings (SSSR count). The molecule has 0 aliphatic heterocycles. The Morgan fingerprint density at radius 3 is 2.24 bits per heavy atom. The van der Waals surface area contributed by atoms with Crippen molar-refractivity contribution < 1.29 is 4.42 Å². The Labute approximate surface area is 104 Å². The summed E-state index contributed by atoms with van der Waals surface area (Å²) in [6, 6.07) is 10.4. The summed E-state index contributed by atoms with van der Waals surface area (Å²) in [5, 5.41) is 1.21. The van der Waals surface area contributed by atoms with Crippen LogP contribution in [0.15, 0.2) is 34.7 Å². The maximum Gasteiger partial charge on any atom is 0.134 e. The maximum absolute atomic E-state index is 6.02. The fourth-order valence-corrected chi connectivity index (χ4v) is 2.91. The van der Waals surface area contributed by atoms with Crippen LogP contribution in [0.2, 0.25) is 0 Å². The van der Waals surface area contributed by atoms with Crippen LogP contribution >= 0.6 is 0 Å². The molecule has 17 heavy (non-hydrogen) atoms. The molecule has 0 aliphatic rings. The van der Waals surface area contributed by atoms with Gasteiger partial charge in [0.05, 0.1) is 0 Å². The minimum absolute atomic E-state index is 0.224. The van der Waals surface area contributed by atoms with Gasteiger partial charge in [-0.15, -0.1) is 0 Å². The smallest absolute Gasteiger partial charge is 0.134 e. The van der Waals surface area contributed by atoms with E-state index in [1.807, 2.05) is 12.1 Å². The fourth-order valence-electron chi connectivity index (χ4n) is 2.91. The zero-order chi connectivity index (χ0) is 12.6. The summed E-state index contributed by atoms with van der Waals surface area (Å²) in [4.78, 5) is 0. The molecular formula is C16H22O. The van der Waals surface area contributed by atoms with Gasteiger partial charge < -0.3 is 4.42 Å². The minimum atomic E-state index is 0.224. The van der Waals surface area contributed by atoms with Crippen LogP contribution in [0.25, 0.3) is 11.0 Å². The summed E-state index contributed by atoms with van der Waals surface area (Å²) in [6.45, 7) is 11.4. The Balaban J connectivity index is 2.49. The van der Waals surface area contributed by atoms with Gasteiger partial charge in [-0.1, -0.05) is 52.8 Å². The Hall–Kier alpha value is -1.24. The van der Waals surface area contributed by atoms with Gasteiger partial charge in [-0.3, -0.25) is 0 Å². The number of hydrogen-bond donors (Lipinski definition) is 0. The van der Waals surface area contributed by atoms with E-state index in [-0.39, 0.29) is 5.41 Å². The molecule has 0 bridgehead atoms. The Morgan fingerprint density at radius 2 is 1.71 bits per heavy atom. The van der Waals surface area contributed by atoms with Crippen molar-refractivity contribution >= 4 is 11.0 Å². The van der Waals surface area contributed by atoms with Crippen molar-refractivity contribution in [3.63, 3.8) is 0 Å². The lowest BCUT2D eigenvalue weighted by atomic mass is 9.73. The highest BCUT2D eigenvalue weighted by Crippen LogP contribution is 2.42. The first kappa shape index (κ1) is 12.2. The van der Waals surface area contributed by atoms with Gasteiger partial charge in [-0.2, -0.15) is 0 Å². The van der Waals surface area contributed by atoms with Gasteiger partial charge in [0, 0.05) is 11.3 Å². The first-order valence-electron chi connectivity index (χ1n) is 6.38. The SMILES string of the molecule is CC(C)[C@@H](c1cc2ccccc2o1)C(C)(C)C. The molecule has 1 aromatic heterocycles. The molecule has 92 valence electrons. The molecule has 1 heteroatoms. The van der Waals surface area contributed by atoms with Crippen LogP contribution < -0.4 is 0 Å². The molecule has 0 aliphatic carbocycles. The molecule has 0 unspecified atom stereocenters. The molecular weight excluding hydrogens is 208 g/mol. The van der Waals surface area contributed by atoms with Crippen LogP contribution in [0.4, 0.5) is 0 Å². The first-order valence-corrected chi connectivity index (χ1v) is 6.38. The number of furan rings is 1. The molecule has 0 fully saturated rings. The molecule has 0 spiro atoms. The Morgan fingerprint density at radius 1 is 1.06 bits per heavy atom. The summed E-state index contributed by atoms with van der Waals surface area (Å²) in [5.74, 6) is 2.15. The normalized spacial score (nSPS) is 14.5. The van der Waals surface area contributed by atoms with Crippen molar-refractivity contribution in [2.45, 2.75) is 40.5 Å². The van der Waals surface area contributed by atoms with Crippen LogP contribution in [-0.2, 0) is 0 Å². The molecule has 1 aromatic carbocycles. The molecule has 1 heterocycles. The standard InChI is InChI=1S/C16H22O/c1-11(2)15(16(3,4)5)14-10-12-8-6-7-9-13(12)17-14/h6-11,15H,1-5H3/t15-/m0/s1. The summed E-state index contributed by atoms with van der Waals surface area (Å²) in [5.41, 5.74) is 1.22. The second kappa shape index (κ2) is 4.21. The van der Waals surface area contributed by atoms with Crippen LogP contribution in [0, 0.1) is 11.3 Å². The van der Waals surface area contributed by atoms with Crippen molar-refractivity contribution in [3.8, 4) is 0 Å². The van der Waals surface area contributed by atoms with E-state index in [0.717, 1.165) is 11.3 Å². The first-order chi connectivity index (χ1) is 7.89. The predicted molar refractivity (Wildman–Crippen MR) is 73.2 cm³/mol. The molecule has 0 saturated heterocycles.